The molecule has 0 aromatic carbocycles. The molecule has 0 N–H and O–H groups in total. The zero-order valence-corrected chi connectivity index (χ0v) is 19.8. The smallest absolute Gasteiger partial charge is 0.0297 e. The zero-order chi connectivity index (χ0) is 20.6. The van der Waals surface area contributed by atoms with Gasteiger partial charge in [0.2, 0.25) is 0 Å². The summed E-state index contributed by atoms with van der Waals surface area (Å²) in [5, 5.41) is 0. The Morgan fingerprint density at radius 3 is 1.56 bits per heavy atom. The Bertz CT molecular complexity index is 236. The lowest BCUT2D eigenvalue weighted by molar-refractivity contribution is 0.200. The number of hydrogen-bond acceptors (Lipinski definition) is 0. The Morgan fingerprint density at radius 1 is 0.800 bits per heavy atom. The highest BCUT2D eigenvalue weighted by atomic mass is 14.3. The molecule has 0 heteroatoms. The van der Waals surface area contributed by atoms with Gasteiger partial charge in [0.1, 0.15) is 0 Å². The van der Waals surface area contributed by atoms with Gasteiger partial charge in [-0.1, -0.05) is 112 Å². The SMILES string of the molecule is C=C(CC)CCC(CC)(CCC)CCCC.C=CC.CC.CCCC. The van der Waals surface area contributed by atoms with E-state index < -0.39 is 0 Å². The minimum absolute atomic E-state index is 0.614. The summed E-state index contributed by atoms with van der Waals surface area (Å²) < 4.78 is 0. The Balaban J connectivity index is -0.000000204. The van der Waals surface area contributed by atoms with Crippen LogP contribution in [-0.4, -0.2) is 0 Å². The van der Waals surface area contributed by atoms with Crippen LogP contribution in [0.4, 0.5) is 0 Å². The van der Waals surface area contributed by atoms with E-state index in [-0.39, 0.29) is 0 Å². The average Bonchev–Trinajstić information content (AvgIpc) is 2.66. The minimum Gasteiger partial charge on any atom is -0.103 e. The first-order chi connectivity index (χ1) is 12.0. The fraction of sp³-hybridized carbons (Fsp3) is 0.840. The van der Waals surface area contributed by atoms with Crippen molar-refractivity contribution < 1.29 is 0 Å². The summed E-state index contributed by atoms with van der Waals surface area (Å²) in [5.74, 6) is 0. The molecule has 0 amide bonds. The van der Waals surface area contributed by atoms with E-state index in [2.05, 4.69) is 54.7 Å². The molecule has 0 heterocycles. The van der Waals surface area contributed by atoms with Crippen molar-refractivity contribution >= 4 is 0 Å². The zero-order valence-electron chi connectivity index (χ0n) is 19.8. The van der Waals surface area contributed by atoms with Gasteiger partial charge in [0.25, 0.3) is 0 Å². The molecule has 0 aromatic rings. The molecular weight excluding hydrogens is 300 g/mol. The van der Waals surface area contributed by atoms with Crippen molar-refractivity contribution in [1.29, 1.82) is 0 Å². The van der Waals surface area contributed by atoms with Crippen LogP contribution in [0.15, 0.2) is 24.8 Å². The number of allylic oxidation sites excluding steroid dienone is 2. The van der Waals surface area contributed by atoms with E-state index in [1.54, 1.807) is 6.08 Å². The van der Waals surface area contributed by atoms with Crippen molar-refractivity contribution in [1.82, 2.24) is 0 Å². The Morgan fingerprint density at radius 2 is 1.28 bits per heavy atom. The molecule has 0 aliphatic heterocycles. The maximum Gasteiger partial charge on any atom is -0.0297 e. The highest BCUT2D eigenvalue weighted by molar-refractivity contribution is 4.94. The molecule has 25 heavy (non-hydrogen) atoms. The minimum atomic E-state index is 0.614. The van der Waals surface area contributed by atoms with Crippen LogP contribution in [0.3, 0.4) is 0 Å². The summed E-state index contributed by atoms with van der Waals surface area (Å²) in [6, 6.07) is 0. The van der Waals surface area contributed by atoms with Gasteiger partial charge in [0, 0.05) is 0 Å². The number of hydrogen-bond donors (Lipinski definition) is 0. The average molecular weight is 355 g/mol. The molecule has 0 spiro atoms. The quantitative estimate of drug-likeness (QED) is 0.324. The predicted octanol–water partition coefficient (Wildman–Crippen LogP) is 10.1. The van der Waals surface area contributed by atoms with Crippen molar-refractivity contribution in [2.75, 3.05) is 0 Å². The van der Waals surface area contributed by atoms with Gasteiger partial charge in [0.15, 0.2) is 0 Å². The lowest BCUT2D eigenvalue weighted by Gasteiger charge is -2.33. The van der Waals surface area contributed by atoms with E-state index in [1.165, 1.54) is 69.8 Å². The summed E-state index contributed by atoms with van der Waals surface area (Å²) in [7, 11) is 0. The molecule has 0 aliphatic carbocycles. The fourth-order valence-corrected chi connectivity index (χ4v) is 2.61. The molecule has 0 aliphatic rings. The third kappa shape index (κ3) is 25.8. The largest absolute Gasteiger partial charge is 0.103 e. The van der Waals surface area contributed by atoms with Crippen LogP contribution >= 0.6 is 0 Å². The first-order valence-corrected chi connectivity index (χ1v) is 11.2. The first-order valence-electron chi connectivity index (χ1n) is 11.2. The molecule has 1 unspecified atom stereocenters. The van der Waals surface area contributed by atoms with Crippen LogP contribution in [0.5, 0.6) is 0 Å². The van der Waals surface area contributed by atoms with E-state index in [0.717, 1.165) is 6.42 Å². The molecule has 0 saturated carbocycles. The number of unbranched alkanes of at least 4 members (excludes halogenated alkanes) is 2. The molecule has 0 nitrogen and oxygen atoms in total. The lowest BCUT2D eigenvalue weighted by Crippen LogP contribution is -2.20. The van der Waals surface area contributed by atoms with Crippen molar-refractivity contribution in [3.05, 3.63) is 24.8 Å². The molecule has 0 rings (SSSR count). The van der Waals surface area contributed by atoms with Gasteiger partial charge in [0.05, 0.1) is 0 Å². The van der Waals surface area contributed by atoms with E-state index in [1.807, 2.05) is 20.8 Å². The van der Waals surface area contributed by atoms with Gasteiger partial charge in [-0.05, 0) is 44.4 Å². The van der Waals surface area contributed by atoms with E-state index in [9.17, 15) is 0 Å². The Kier molecular flexibility index (Phi) is 36.4. The van der Waals surface area contributed by atoms with E-state index in [4.69, 9.17) is 0 Å². The van der Waals surface area contributed by atoms with Crippen molar-refractivity contribution in [2.24, 2.45) is 5.41 Å². The Labute approximate surface area is 163 Å². The molecule has 154 valence electrons. The van der Waals surface area contributed by atoms with Gasteiger partial charge >= 0.3 is 0 Å². The van der Waals surface area contributed by atoms with Gasteiger partial charge in [-0.15, -0.1) is 6.58 Å². The van der Waals surface area contributed by atoms with Crippen LogP contribution in [0.2, 0.25) is 0 Å². The van der Waals surface area contributed by atoms with Crippen LogP contribution in [-0.2, 0) is 0 Å². The molecule has 0 saturated heterocycles. The molecule has 0 aromatic heterocycles. The second-order valence-corrected chi connectivity index (χ2v) is 6.72. The van der Waals surface area contributed by atoms with Gasteiger partial charge in [-0.2, -0.15) is 0 Å². The maximum absolute atomic E-state index is 4.15. The summed E-state index contributed by atoms with van der Waals surface area (Å²) in [4.78, 5) is 0. The molecule has 0 bridgehead atoms. The van der Waals surface area contributed by atoms with Crippen LogP contribution in [0.1, 0.15) is 133 Å². The van der Waals surface area contributed by atoms with E-state index in [0.29, 0.717) is 5.41 Å². The monoisotopic (exact) mass is 354 g/mol. The van der Waals surface area contributed by atoms with Crippen molar-refractivity contribution in [3.63, 3.8) is 0 Å². The Hall–Kier alpha value is -0.520. The summed E-state index contributed by atoms with van der Waals surface area (Å²) >= 11 is 0. The van der Waals surface area contributed by atoms with Crippen molar-refractivity contribution in [3.8, 4) is 0 Å². The predicted molar refractivity (Wildman–Crippen MR) is 124 cm³/mol. The standard InChI is InChI=1S/C16H32.C4H10.C3H6.C2H6/c1-6-10-13-16(9-4,12-7-2)14-11-15(5)8-3;1-3-4-2;1-3-2;1-2/h5-14H2,1-4H3;3-4H2,1-2H3;3H,1H2,2H3;1-2H3. The maximum atomic E-state index is 4.15. The normalized spacial score (nSPS) is 11.4. The highest BCUT2D eigenvalue weighted by Crippen LogP contribution is 2.39. The topological polar surface area (TPSA) is 0 Å². The molecule has 1 atom stereocenters. The lowest BCUT2D eigenvalue weighted by atomic mass is 9.72. The third-order valence-electron chi connectivity index (χ3n) is 4.60. The molecule has 0 fully saturated rings. The summed E-state index contributed by atoms with van der Waals surface area (Å²) in [6.45, 7) is 27.0. The van der Waals surface area contributed by atoms with Gasteiger partial charge in [-0.25, -0.2) is 0 Å². The van der Waals surface area contributed by atoms with E-state index >= 15 is 0 Å². The summed E-state index contributed by atoms with van der Waals surface area (Å²) in [6.07, 6.45) is 16.4. The second kappa shape index (κ2) is 28.3. The van der Waals surface area contributed by atoms with Gasteiger partial charge in [-0.3, -0.25) is 0 Å². The number of rotatable bonds is 11. The van der Waals surface area contributed by atoms with Crippen LogP contribution in [0.25, 0.3) is 0 Å². The second-order valence-electron chi connectivity index (χ2n) is 6.72. The highest BCUT2D eigenvalue weighted by Gasteiger charge is 2.25. The van der Waals surface area contributed by atoms with Gasteiger partial charge < -0.3 is 0 Å². The van der Waals surface area contributed by atoms with Crippen molar-refractivity contribution in [2.45, 2.75) is 133 Å². The fourth-order valence-electron chi connectivity index (χ4n) is 2.61. The van der Waals surface area contributed by atoms with Crippen LogP contribution in [0, 0.1) is 5.41 Å². The summed E-state index contributed by atoms with van der Waals surface area (Å²) in [5.41, 5.74) is 2.05. The first kappa shape index (κ1) is 32.2. The molecular formula is C25H54. The molecule has 0 radical (unpaired) electrons. The third-order valence-corrected chi connectivity index (χ3v) is 4.60. The van der Waals surface area contributed by atoms with Crippen LogP contribution < -0.4 is 0 Å².